The molecule has 4 rings (SSSR count). The molecule has 0 saturated carbocycles. The lowest BCUT2D eigenvalue weighted by Crippen LogP contribution is -2.54. The first-order valence-corrected chi connectivity index (χ1v) is 13.5. The number of likely N-dealkylation sites (N-methyl/N-ethyl adjacent to an activating group) is 1. The number of alkyl halides is 6. The molecule has 1 unspecified atom stereocenters. The summed E-state index contributed by atoms with van der Waals surface area (Å²) in [6.45, 7) is 6.26. The molecule has 0 spiro atoms. The van der Waals surface area contributed by atoms with Crippen molar-refractivity contribution in [1.29, 1.82) is 0 Å². The van der Waals surface area contributed by atoms with Gasteiger partial charge in [0.2, 0.25) is 5.91 Å². The van der Waals surface area contributed by atoms with Crippen molar-refractivity contribution in [3.63, 3.8) is 0 Å². The highest BCUT2D eigenvalue weighted by Gasteiger charge is 2.38. The summed E-state index contributed by atoms with van der Waals surface area (Å²) in [4.78, 5) is 45.7. The number of hydrogen-bond acceptors (Lipinski definition) is 6. The second-order valence-electron chi connectivity index (χ2n) is 10.2. The molecular formula is C30H32F6N4O6. The maximum absolute atomic E-state index is 13.1. The molecule has 2 atom stereocenters. The van der Waals surface area contributed by atoms with Gasteiger partial charge in [-0.05, 0) is 54.9 Å². The summed E-state index contributed by atoms with van der Waals surface area (Å²) in [6.07, 6.45) is -10.2. The zero-order chi connectivity index (χ0) is 34.8. The van der Waals surface area contributed by atoms with Gasteiger partial charge in [-0.3, -0.25) is 9.59 Å². The van der Waals surface area contributed by atoms with Gasteiger partial charge in [-0.2, -0.15) is 26.3 Å². The number of rotatable bonds is 5. The monoisotopic (exact) mass is 658 g/mol. The minimum Gasteiger partial charge on any atom is -0.475 e. The molecule has 5 N–H and O–H groups in total. The van der Waals surface area contributed by atoms with E-state index in [1.807, 2.05) is 57.3 Å². The molecule has 0 aliphatic carbocycles. The largest absolute Gasteiger partial charge is 0.490 e. The van der Waals surface area contributed by atoms with Gasteiger partial charge >= 0.3 is 24.3 Å². The number of carbonyl (C=O) groups excluding carboxylic acids is 2. The molecule has 0 aromatic heterocycles. The Morgan fingerprint density at radius 3 is 2.04 bits per heavy atom. The smallest absolute Gasteiger partial charge is 0.475 e. The Bertz CT molecular complexity index is 1520. The van der Waals surface area contributed by atoms with Crippen LogP contribution in [-0.2, 0) is 14.4 Å². The van der Waals surface area contributed by atoms with E-state index in [0.29, 0.717) is 17.8 Å². The fourth-order valence-corrected chi connectivity index (χ4v) is 4.23. The standard InChI is InChI=1S/C26H30N4O2.2C2HF3O2/c1-17-11-12-20(29-26(32)24-16-30(3)14-13-27-24)15-23(17)25(31)28-18(2)21-10-6-8-19-7-4-5-9-22(19)21;2*3-2(4,5)1(6)7/h4-12,15,18,24,27H,13-14,16H2,1-3H3,(H,28,31)(H,29,32);2*(H,6,7)/t18-,24?;;/m1../s1. The van der Waals surface area contributed by atoms with Crippen LogP contribution in [0.1, 0.15) is 34.5 Å². The summed E-state index contributed by atoms with van der Waals surface area (Å²) in [5.41, 5.74) is 3.12. The number of carbonyl (C=O) groups is 4. The van der Waals surface area contributed by atoms with Crippen LogP contribution in [0.25, 0.3) is 10.8 Å². The molecule has 1 fully saturated rings. The number of carboxylic acids is 2. The number of fused-ring (bicyclic) bond motifs is 1. The Kier molecular flexibility index (Phi) is 13.1. The van der Waals surface area contributed by atoms with Crippen molar-refractivity contribution in [1.82, 2.24) is 15.5 Å². The Hall–Kier alpha value is -4.70. The van der Waals surface area contributed by atoms with Gasteiger partial charge in [0.05, 0.1) is 12.1 Å². The fraction of sp³-hybridized carbons (Fsp3) is 0.333. The Labute approximate surface area is 259 Å². The predicted octanol–water partition coefficient (Wildman–Crippen LogP) is 4.75. The van der Waals surface area contributed by atoms with Gasteiger partial charge in [0.25, 0.3) is 5.91 Å². The van der Waals surface area contributed by atoms with Crippen molar-refractivity contribution in [2.45, 2.75) is 38.3 Å². The number of halogens is 6. The second-order valence-corrected chi connectivity index (χ2v) is 10.2. The molecule has 46 heavy (non-hydrogen) atoms. The van der Waals surface area contributed by atoms with Crippen LogP contribution in [0.5, 0.6) is 0 Å². The number of amides is 2. The summed E-state index contributed by atoms with van der Waals surface area (Å²) in [5, 5.41) is 25.9. The van der Waals surface area contributed by atoms with E-state index in [2.05, 4.69) is 39.0 Å². The molecule has 2 amide bonds. The van der Waals surface area contributed by atoms with Crippen molar-refractivity contribution in [3.05, 3.63) is 77.4 Å². The number of nitrogens with zero attached hydrogens (tertiary/aromatic N) is 1. The van der Waals surface area contributed by atoms with Crippen molar-refractivity contribution in [3.8, 4) is 0 Å². The van der Waals surface area contributed by atoms with Crippen molar-refractivity contribution < 1.29 is 55.7 Å². The number of hydrogen-bond donors (Lipinski definition) is 5. The third-order valence-electron chi connectivity index (χ3n) is 6.57. The molecule has 250 valence electrons. The summed E-state index contributed by atoms with van der Waals surface area (Å²) >= 11 is 0. The van der Waals surface area contributed by atoms with Crippen LogP contribution >= 0.6 is 0 Å². The van der Waals surface area contributed by atoms with Crippen molar-refractivity contribution in [2.24, 2.45) is 0 Å². The molecule has 10 nitrogen and oxygen atoms in total. The second kappa shape index (κ2) is 16.0. The fourth-order valence-electron chi connectivity index (χ4n) is 4.23. The zero-order valence-electron chi connectivity index (χ0n) is 24.8. The van der Waals surface area contributed by atoms with Gasteiger partial charge in [0, 0.05) is 30.9 Å². The molecule has 16 heteroatoms. The zero-order valence-corrected chi connectivity index (χ0v) is 24.8. The molecule has 3 aromatic rings. The summed E-state index contributed by atoms with van der Waals surface area (Å²) in [6, 6.07) is 19.3. The normalized spacial score (nSPS) is 15.7. The van der Waals surface area contributed by atoms with E-state index in [-0.39, 0.29) is 23.9 Å². The number of benzene rings is 3. The highest BCUT2D eigenvalue weighted by Crippen LogP contribution is 2.25. The number of anilines is 1. The average molecular weight is 659 g/mol. The molecule has 1 aliphatic heterocycles. The van der Waals surface area contributed by atoms with E-state index in [0.717, 1.165) is 35.0 Å². The van der Waals surface area contributed by atoms with E-state index in [1.54, 1.807) is 6.07 Å². The van der Waals surface area contributed by atoms with Crippen LogP contribution in [0.15, 0.2) is 60.7 Å². The van der Waals surface area contributed by atoms with E-state index in [9.17, 15) is 35.9 Å². The number of piperazine rings is 1. The average Bonchev–Trinajstić information content (AvgIpc) is 2.97. The third kappa shape index (κ3) is 11.3. The molecule has 3 aromatic carbocycles. The maximum atomic E-state index is 13.1. The minimum atomic E-state index is -5.08. The first-order valence-electron chi connectivity index (χ1n) is 13.5. The van der Waals surface area contributed by atoms with Crippen molar-refractivity contribution >= 4 is 40.2 Å². The number of carboxylic acid groups (broad SMARTS) is 2. The molecule has 1 heterocycles. The summed E-state index contributed by atoms with van der Waals surface area (Å²) in [7, 11) is 2.01. The molecule has 0 radical (unpaired) electrons. The highest BCUT2D eigenvalue weighted by molar-refractivity contribution is 6.00. The topological polar surface area (TPSA) is 148 Å². The summed E-state index contributed by atoms with van der Waals surface area (Å²) < 4.78 is 63.5. The SMILES string of the molecule is Cc1ccc(NC(=O)C2CN(C)CCN2)cc1C(=O)N[C@H](C)c1cccc2ccccc12.O=C(O)C(F)(F)F.O=C(O)C(F)(F)F. The molecule has 1 aliphatic rings. The Balaban J connectivity index is 0.000000440. The Morgan fingerprint density at radius 2 is 1.48 bits per heavy atom. The number of aryl methyl sites for hydroxylation is 1. The highest BCUT2D eigenvalue weighted by atomic mass is 19.4. The van der Waals surface area contributed by atoms with Gasteiger partial charge in [0.15, 0.2) is 0 Å². The lowest BCUT2D eigenvalue weighted by molar-refractivity contribution is -0.193. The molecule has 0 bridgehead atoms. The van der Waals surface area contributed by atoms with E-state index in [4.69, 9.17) is 19.8 Å². The van der Waals surface area contributed by atoms with Gasteiger partial charge < -0.3 is 31.1 Å². The summed E-state index contributed by atoms with van der Waals surface area (Å²) in [5.74, 6) is -5.76. The maximum Gasteiger partial charge on any atom is 0.490 e. The van der Waals surface area contributed by atoms with Crippen molar-refractivity contribution in [2.75, 3.05) is 32.0 Å². The number of aliphatic carboxylic acids is 2. The first-order chi connectivity index (χ1) is 21.3. The van der Waals surface area contributed by atoms with Crippen LogP contribution in [-0.4, -0.2) is 83.9 Å². The van der Waals surface area contributed by atoms with Gasteiger partial charge in [0.1, 0.15) is 0 Å². The quantitative estimate of drug-likeness (QED) is 0.247. The lowest BCUT2D eigenvalue weighted by atomic mass is 9.99. The predicted molar refractivity (Wildman–Crippen MR) is 156 cm³/mol. The van der Waals surface area contributed by atoms with Gasteiger partial charge in [-0.15, -0.1) is 0 Å². The minimum absolute atomic E-state index is 0.0871. The number of nitrogens with one attached hydrogen (secondary N) is 3. The molecule has 1 saturated heterocycles. The van der Waals surface area contributed by atoms with E-state index < -0.39 is 24.3 Å². The van der Waals surface area contributed by atoms with Crippen LogP contribution in [0, 0.1) is 6.92 Å². The molecular weight excluding hydrogens is 626 g/mol. The van der Waals surface area contributed by atoms with Gasteiger partial charge in [-0.25, -0.2) is 9.59 Å². The third-order valence-corrected chi connectivity index (χ3v) is 6.57. The Morgan fingerprint density at radius 1 is 0.913 bits per heavy atom. The van der Waals surface area contributed by atoms with Crippen LogP contribution < -0.4 is 16.0 Å². The van der Waals surface area contributed by atoms with Crippen LogP contribution in [0.2, 0.25) is 0 Å². The first kappa shape index (κ1) is 37.5. The lowest BCUT2D eigenvalue weighted by Gasteiger charge is -2.30. The van der Waals surface area contributed by atoms with E-state index >= 15 is 0 Å². The van der Waals surface area contributed by atoms with E-state index in [1.165, 1.54) is 0 Å². The van der Waals surface area contributed by atoms with Crippen LogP contribution in [0.4, 0.5) is 32.0 Å². The van der Waals surface area contributed by atoms with Gasteiger partial charge in [-0.1, -0.05) is 48.5 Å². The van der Waals surface area contributed by atoms with Crippen LogP contribution in [0.3, 0.4) is 0 Å².